The molecule has 1 aliphatic heterocycles. The maximum atomic E-state index is 11.6. The van der Waals surface area contributed by atoms with E-state index in [1.54, 1.807) is 0 Å². The highest BCUT2D eigenvalue weighted by molar-refractivity contribution is 5.68. The predicted molar refractivity (Wildman–Crippen MR) is 59.6 cm³/mol. The number of nitrogens with two attached hydrogens (primary N) is 1. The van der Waals surface area contributed by atoms with Gasteiger partial charge in [-0.25, -0.2) is 4.79 Å². The summed E-state index contributed by atoms with van der Waals surface area (Å²) in [7, 11) is 1.44. The van der Waals surface area contributed by atoms with Crippen LogP contribution in [0.25, 0.3) is 0 Å². The molecule has 0 saturated carbocycles. The summed E-state index contributed by atoms with van der Waals surface area (Å²) < 4.78 is 4.81. The van der Waals surface area contributed by atoms with Gasteiger partial charge in [0.25, 0.3) is 0 Å². The van der Waals surface area contributed by atoms with E-state index in [0.29, 0.717) is 12.5 Å². The number of ether oxygens (including phenoxy) is 1. The van der Waals surface area contributed by atoms with E-state index in [1.807, 2.05) is 4.90 Å². The molecule has 0 aliphatic carbocycles. The van der Waals surface area contributed by atoms with Gasteiger partial charge < -0.3 is 15.4 Å². The highest BCUT2D eigenvalue weighted by Gasteiger charge is 2.40. The number of carbonyl (C=O) groups is 1. The van der Waals surface area contributed by atoms with E-state index < -0.39 is 0 Å². The van der Waals surface area contributed by atoms with Crippen LogP contribution in [0, 0.1) is 5.92 Å². The molecular weight excluding hydrogens is 192 g/mol. The highest BCUT2D eigenvalue weighted by Crippen LogP contribution is 2.35. The first-order valence-corrected chi connectivity index (χ1v) is 5.59. The number of rotatable bonds is 2. The van der Waals surface area contributed by atoms with Crippen molar-refractivity contribution in [3.05, 3.63) is 0 Å². The van der Waals surface area contributed by atoms with Crippen LogP contribution in [0.5, 0.6) is 0 Å². The minimum absolute atomic E-state index is 0.134. The van der Waals surface area contributed by atoms with Gasteiger partial charge in [0.1, 0.15) is 0 Å². The molecule has 1 atom stereocenters. The molecule has 0 aromatic heterocycles. The smallest absolute Gasteiger partial charge is 0.409 e. The lowest BCUT2D eigenvalue weighted by Crippen LogP contribution is -2.56. The third kappa shape index (κ3) is 2.43. The van der Waals surface area contributed by atoms with Crippen LogP contribution in [0.2, 0.25) is 0 Å². The van der Waals surface area contributed by atoms with Crippen LogP contribution in [0.15, 0.2) is 0 Å². The molecule has 4 heteroatoms. The molecule has 88 valence electrons. The maximum Gasteiger partial charge on any atom is 0.409 e. The average Bonchev–Trinajstić information content (AvgIpc) is 2.20. The number of likely N-dealkylation sites (tertiary alicyclic amines) is 1. The first-order valence-electron chi connectivity index (χ1n) is 5.59. The molecule has 1 rings (SSSR count). The number of piperidine rings is 1. The van der Waals surface area contributed by atoms with Crippen molar-refractivity contribution in [2.75, 3.05) is 20.2 Å². The van der Waals surface area contributed by atoms with E-state index in [9.17, 15) is 4.79 Å². The fourth-order valence-electron chi connectivity index (χ4n) is 2.49. The molecule has 15 heavy (non-hydrogen) atoms. The first kappa shape index (κ1) is 12.3. The van der Waals surface area contributed by atoms with Crippen LogP contribution in [0.4, 0.5) is 4.79 Å². The van der Waals surface area contributed by atoms with E-state index in [-0.39, 0.29) is 11.6 Å². The first-order chi connectivity index (χ1) is 7.04. The fourth-order valence-corrected chi connectivity index (χ4v) is 2.49. The van der Waals surface area contributed by atoms with Crippen molar-refractivity contribution in [3.63, 3.8) is 0 Å². The van der Waals surface area contributed by atoms with Crippen LogP contribution in [-0.2, 0) is 4.74 Å². The Kier molecular flexibility index (Phi) is 3.97. The Morgan fingerprint density at radius 3 is 2.80 bits per heavy atom. The number of nitrogens with zero attached hydrogens (tertiary/aromatic N) is 1. The van der Waals surface area contributed by atoms with Crippen LogP contribution in [-0.4, -0.2) is 36.7 Å². The molecule has 1 saturated heterocycles. The number of amides is 1. The van der Waals surface area contributed by atoms with Gasteiger partial charge in [0.15, 0.2) is 0 Å². The Morgan fingerprint density at radius 1 is 1.60 bits per heavy atom. The zero-order valence-electron chi connectivity index (χ0n) is 9.95. The van der Waals surface area contributed by atoms with Gasteiger partial charge in [-0.15, -0.1) is 0 Å². The largest absolute Gasteiger partial charge is 0.453 e. The zero-order valence-corrected chi connectivity index (χ0v) is 9.95. The standard InChI is InChI=1S/C11H22N2O2/c1-11(2)9(6-7-12)5-4-8-13(11)10(14)15-3/h9H,4-8,12H2,1-3H3. The van der Waals surface area contributed by atoms with Crippen molar-refractivity contribution in [2.24, 2.45) is 11.7 Å². The molecule has 1 unspecified atom stereocenters. The second-order valence-corrected chi connectivity index (χ2v) is 4.69. The third-order valence-corrected chi connectivity index (χ3v) is 3.54. The fraction of sp³-hybridized carbons (Fsp3) is 0.909. The van der Waals surface area contributed by atoms with E-state index in [4.69, 9.17) is 10.5 Å². The second-order valence-electron chi connectivity index (χ2n) is 4.69. The molecule has 0 aromatic carbocycles. The number of hydrogen-bond donors (Lipinski definition) is 1. The molecule has 1 heterocycles. The molecule has 0 aromatic rings. The highest BCUT2D eigenvalue weighted by atomic mass is 16.5. The SMILES string of the molecule is COC(=O)N1CCCC(CCN)C1(C)C. The Balaban J connectivity index is 2.76. The quantitative estimate of drug-likeness (QED) is 0.759. The molecule has 2 N–H and O–H groups in total. The summed E-state index contributed by atoms with van der Waals surface area (Å²) >= 11 is 0. The summed E-state index contributed by atoms with van der Waals surface area (Å²) in [5, 5.41) is 0. The Morgan fingerprint density at radius 2 is 2.27 bits per heavy atom. The number of methoxy groups -OCH3 is 1. The predicted octanol–water partition coefficient (Wildman–Crippen LogP) is 1.59. The van der Waals surface area contributed by atoms with Crippen LogP contribution >= 0.6 is 0 Å². The van der Waals surface area contributed by atoms with Gasteiger partial charge in [-0.1, -0.05) is 0 Å². The molecule has 4 nitrogen and oxygen atoms in total. The third-order valence-electron chi connectivity index (χ3n) is 3.54. The van der Waals surface area contributed by atoms with Crippen molar-refractivity contribution < 1.29 is 9.53 Å². The van der Waals surface area contributed by atoms with Gasteiger partial charge in [0.05, 0.1) is 7.11 Å². The topological polar surface area (TPSA) is 55.6 Å². The van der Waals surface area contributed by atoms with Crippen molar-refractivity contribution in [1.82, 2.24) is 4.90 Å². The molecule has 0 bridgehead atoms. The summed E-state index contributed by atoms with van der Waals surface area (Å²) in [6.45, 7) is 5.68. The Hall–Kier alpha value is -0.770. The van der Waals surface area contributed by atoms with Gasteiger partial charge in [-0.2, -0.15) is 0 Å². The average molecular weight is 214 g/mol. The lowest BCUT2D eigenvalue weighted by Gasteiger charge is -2.47. The number of hydrogen-bond acceptors (Lipinski definition) is 3. The Bertz CT molecular complexity index is 227. The summed E-state index contributed by atoms with van der Waals surface area (Å²) in [4.78, 5) is 13.4. The monoisotopic (exact) mass is 214 g/mol. The molecular formula is C11H22N2O2. The normalized spacial score (nSPS) is 25.1. The zero-order chi connectivity index (χ0) is 11.5. The summed E-state index contributed by atoms with van der Waals surface area (Å²) in [6.07, 6.45) is 2.95. The van der Waals surface area contributed by atoms with Crippen molar-refractivity contribution in [1.29, 1.82) is 0 Å². The van der Waals surface area contributed by atoms with Gasteiger partial charge in [0.2, 0.25) is 0 Å². The molecule has 1 fully saturated rings. The number of carbonyl (C=O) groups excluding carboxylic acids is 1. The van der Waals surface area contributed by atoms with E-state index in [1.165, 1.54) is 7.11 Å². The van der Waals surface area contributed by atoms with Crippen molar-refractivity contribution in [3.8, 4) is 0 Å². The van der Waals surface area contributed by atoms with E-state index in [0.717, 1.165) is 25.8 Å². The molecule has 1 amide bonds. The summed E-state index contributed by atoms with van der Waals surface area (Å²) in [5.41, 5.74) is 5.47. The molecule has 0 spiro atoms. The lowest BCUT2D eigenvalue weighted by atomic mass is 9.77. The molecule has 0 radical (unpaired) electrons. The van der Waals surface area contributed by atoms with Gasteiger partial charge in [-0.05, 0) is 45.6 Å². The van der Waals surface area contributed by atoms with Gasteiger partial charge in [0, 0.05) is 12.1 Å². The minimum atomic E-state index is -0.221. The second kappa shape index (κ2) is 4.84. The van der Waals surface area contributed by atoms with E-state index >= 15 is 0 Å². The van der Waals surface area contributed by atoms with E-state index in [2.05, 4.69) is 13.8 Å². The molecule has 1 aliphatic rings. The van der Waals surface area contributed by atoms with Crippen molar-refractivity contribution >= 4 is 6.09 Å². The van der Waals surface area contributed by atoms with Crippen molar-refractivity contribution in [2.45, 2.75) is 38.6 Å². The lowest BCUT2D eigenvalue weighted by molar-refractivity contribution is 0.0178. The summed E-state index contributed by atoms with van der Waals surface area (Å²) in [5.74, 6) is 0.482. The van der Waals surface area contributed by atoms with Crippen LogP contribution in [0.1, 0.15) is 33.1 Å². The van der Waals surface area contributed by atoms with Crippen LogP contribution < -0.4 is 5.73 Å². The minimum Gasteiger partial charge on any atom is -0.453 e. The van der Waals surface area contributed by atoms with Gasteiger partial charge in [-0.3, -0.25) is 0 Å². The summed E-state index contributed by atoms with van der Waals surface area (Å²) in [6, 6.07) is 0. The van der Waals surface area contributed by atoms with Crippen LogP contribution in [0.3, 0.4) is 0 Å². The maximum absolute atomic E-state index is 11.6. The Labute approximate surface area is 91.8 Å². The van der Waals surface area contributed by atoms with Gasteiger partial charge >= 0.3 is 6.09 Å².